The summed E-state index contributed by atoms with van der Waals surface area (Å²) in [5.41, 5.74) is 14.0. The van der Waals surface area contributed by atoms with E-state index in [1.54, 1.807) is 0 Å². The van der Waals surface area contributed by atoms with Gasteiger partial charge in [0, 0.05) is 13.1 Å². The van der Waals surface area contributed by atoms with Crippen molar-refractivity contribution < 1.29 is 9.47 Å². The van der Waals surface area contributed by atoms with Gasteiger partial charge >= 0.3 is 0 Å². The van der Waals surface area contributed by atoms with Crippen molar-refractivity contribution in [2.75, 3.05) is 24.7 Å². The summed E-state index contributed by atoms with van der Waals surface area (Å²) >= 11 is 0. The van der Waals surface area contributed by atoms with Gasteiger partial charge in [-0.2, -0.15) is 9.97 Å². The van der Waals surface area contributed by atoms with Crippen LogP contribution in [0.4, 0.5) is 11.6 Å². The van der Waals surface area contributed by atoms with E-state index in [0.29, 0.717) is 59.2 Å². The molecule has 0 aliphatic rings. The fourth-order valence-corrected chi connectivity index (χ4v) is 2.92. The second-order valence-corrected chi connectivity index (χ2v) is 6.01. The maximum atomic E-state index is 5.71. The quantitative estimate of drug-likeness (QED) is 0.475. The summed E-state index contributed by atoms with van der Waals surface area (Å²) in [5.74, 6) is 0.765. The molecule has 0 saturated carbocycles. The van der Waals surface area contributed by atoms with Gasteiger partial charge in [0.2, 0.25) is 0 Å². The Labute approximate surface area is 173 Å². The minimum Gasteiger partial charge on any atom is -0.465 e. The highest BCUT2D eigenvalue weighted by atomic mass is 16.5. The van der Waals surface area contributed by atoms with Gasteiger partial charge in [0.05, 0.1) is 13.2 Å². The molecule has 4 aromatic rings. The summed E-state index contributed by atoms with van der Waals surface area (Å²) in [6.45, 7) is 10.4. The van der Waals surface area contributed by atoms with Gasteiger partial charge in [-0.3, -0.25) is 9.13 Å². The van der Waals surface area contributed by atoms with Crippen LogP contribution in [0.15, 0.2) is 12.7 Å². The molecule has 0 amide bonds. The normalized spacial score (nSPS) is 10.8. The first-order valence-electron chi connectivity index (χ1n) is 9.74. The first kappa shape index (κ1) is 21.0. The third-order valence-electron chi connectivity index (χ3n) is 4.23. The van der Waals surface area contributed by atoms with Gasteiger partial charge in [0.1, 0.15) is 12.7 Å². The van der Waals surface area contributed by atoms with Crippen LogP contribution >= 0.6 is 0 Å². The van der Waals surface area contributed by atoms with Crippen molar-refractivity contribution in [1.82, 2.24) is 39.0 Å². The molecule has 12 nitrogen and oxygen atoms in total. The number of aryl methyl sites for hydroxylation is 2. The second kappa shape index (κ2) is 9.20. The Bertz CT molecular complexity index is 1050. The SMILES string of the molecule is CCOc1nc2c(N)ncnc2n1CC.CCOc1nc2c(N)ncnc2n1CC. The number of ether oxygens (including phenoxy) is 2. The molecule has 0 saturated heterocycles. The van der Waals surface area contributed by atoms with Crippen LogP contribution in [0.3, 0.4) is 0 Å². The zero-order valence-corrected chi connectivity index (χ0v) is 17.5. The average molecular weight is 414 g/mol. The van der Waals surface area contributed by atoms with Gasteiger partial charge in [-0.25, -0.2) is 19.9 Å². The molecule has 0 aliphatic heterocycles. The molecule has 0 unspecified atom stereocenters. The average Bonchev–Trinajstić information content (AvgIpc) is 3.28. The Morgan fingerprint density at radius 1 is 0.700 bits per heavy atom. The van der Waals surface area contributed by atoms with Crippen LogP contribution in [-0.4, -0.2) is 52.3 Å². The molecule has 0 atom stereocenters. The molecule has 4 aromatic heterocycles. The lowest BCUT2D eigenvalue weighted by atomic mass is 10.5. The number of anilines is 2. The first-order valence-corrected chi connectivity index (χ1v) is 9.74. The molecule has 0 bridgehead atoms. The fraction of sp³-hybridized carbons (Fsp3) is 0.444. The van der Waals surface area contributed by atoms with Crippen molar-refractivity contribution in [3.8, 4) is 12.0 Å². The van der Waals surface area contributed by atoms with Gasteiger partial charge < -0.3 is 20.9 Å². The molecular formula is C18H26N10O2. The smallest absolute Gasteiger partial charge is 0.298 e. The van der Waals surface area contributed by atoms with Crippen LogP contribution in [-0.2, 0) is 13.1 Å². The number of rotatable bonds is 6. The van der Waals surface area contributed by atoms with E-state index in [1.807, 2.05) is 36.8 Å². The van der Waals surface area contributed by atoms with E-state index in [0.717, 1.165) is 13.1 Å². The Hall–Kier alpha value is -3.70. The Balaban J connectivity index is 0.000000171. The first-order chi connectivity index (χ1) is 14.5. The maximum absolute atomic E-state index is 5.71. The number of imidazole rings is 2. The van der Waals surface area contributed by atoms with Gasteiger partial charge in [0.15, 0.2) is 34.0 Å². The van der Waals surface area contributed by atoms with Gasteiger partial charge in [-0.05, 0) is 27.7 Å². The number of aromatic nitrogens is 8. The summed E-state index contributed by atoms with van der Waals surface area (Å²) in [7, 11) is 0. The topological polar surface area (TPSA) is 158 Å². The summed E-state index contributed by atoms with van der Waals surface area (Å²) in [5, 5.41) is 0. The van der Waals surface area contributed by atoms with Crippen molar-refractivity contribution in [3.63, 3.8) is 0 Å². The summed E-state index contributed by atoms with van der Waals surface area (Å²) in [4.78, 5) is 24.6. The molecular weight excluding hydrogens is 388 g/mol. The highest BCUT2D eigenvalue weighted by molar-refractivity contribution is 5.83. The molecule has 30 heavy (non-hydrogen) atoms. The summed E-state index contributed by atoms with van der Waals surface area (Å²) in [6, 6.07) is 1.09. The van der Waals surface area contributed by atoms with Crippen molar-refractivity contribution in [3.05, 3.63) is 12.7 Å². The van der Waals surface area contributed by atoms with E-state index in [2.05, 4.69) is 29.9 Å². The Kier molecular flexibility index (Phi) is 6.45. The minimum atomic E-state index is 0.383. The monoisotopic (exact) mass is 414 g/mol. The molecule has 4 N–H and O–H groups in total. The van der Waals surface area contributed by atoms with Crippen LogP contribution in [0.2, 0.25) is 0 Å². The van der Waals surface area contributed by atoms with Gasteiger partial charge in [0.25, 0.3) is 12.0 Å². The predicted molar refractivity (Wildman–Crippen MR) is 113 cm³/mol. The molecule has 12 heteroatoms. The number of hydrogen-bond donors (Lipinski definition) is 2. The summed E-state index contributed by atoms with van der Waals surface area (Å²) < 4.78 is 14.5. The molecule has 160 valence electrons. The fourth-order valence-electron chi connectivity index (χ4n) is 2.92. The molecule has 0 fully saturated rings. The Morgan fingerprint density at radius 2 is 1.10 bits per heavy atom. The van der Waals surface area contributed by atoms with Crippen LogP contribution < -0.4 is 20.9 Å². The van der Waals surface area contributed by atoms with E-state index in [-0.39, 0.29) is 0 Å². The van der Waals surface area contributed by atoms with E-state index < -0.39 is 0 Å². The third kappa shape index (κ3) is 3.88. The lowest BCUT2D eigenvalue weighted by Gasteiger charge is -2.04. The van der Waals surface area contributed by atoms with Crippen LogP contribution in [0.25, 0.3) is 22.3 Å². The zero-order chi connectivity index (χ0) is 21.7. The predicted octanol–water partition coefficient (Wildman–Crippen LogP) is 1.65. The molecule has 4 heterocycles. The van der Waals surface area contributed by atoms with Gasteiger partial charge in [-0.1, -0.05) is 0 Å². The van der Waals surface area contributed by atoms with Crippen molar-refractivity contribution in [2.24, 2.45) is 0 Å². The van der Waals surface area contributed by atoms with Crippen LogP contribution in [0.5, 0.6) is 12.0 Å². The highest BCUT2D eigenvalue weighted by Gasteiger charge is 2.14. The van der Waals surface area contributed by atoms with E-state index in [9.17, 15) is 0 Å². The van der Waals surface area contributed by atoms with Gasteiger partial charge in [-0.15, -0.1) is 0 Å². The van der Waals surface area contributed by atoms with E-state index in [1.165, 1.54) is 12.7 Å². The van der Waals surface area contributed by atoms with Crippen molar-refractivity contribution in [2.45, 2.75) is 40.8 Å². The number of nitrogen functional groups attached to an aromatic ring is 2. The lowest BCUT2D eigenvalue weighted by molar-refractivity contribution is 0.299. The molecule has 0 aliphatic carbocycles. The van der Waals surface area contributed by atoms with Crippen LogP contribution in [0.1, 0.15) is 27.7 Å². The van der Waals surface area contributed by atoms with E-state index in [4.69, 9.17) is 20.9 Å². The number of nitrogens with two attached hydrogens (primary N) is 2. The molecule has 0 aromatic carbocycles. The number of nitrogens with zero attached hydrogens (tertiary/aromatic N) is 8. The molecule has 0 spiro atoms. The summed E-state index contributed by atoms with van der Waals surface area (Å²) in [6.07, 6.45) is 2.86. The highest BCUT2D eigenvalue weighted by Crippen LogP contribution is 2.23. The number of fused-ring (bicyclic) bond motifs is 2. The minimum absolute atomic E-state index is 0.383. The van der Waals surface area contributed by atoms with Crippen molar-refractivity contribution >= 4 is 34.0 Å². The third-order valence-corrected chi connectivity index (χ3v) is 4.23. The van der Waals surface area contributed by atoms with Crippen LogP contribution in [0, 0.1) is 0 Å². The molecule has 4 rings (SSSR count). The molecule has 0 radical (unpaired) electrons. The lowest BCUT2D eigenvalue weighted by Crippen LogP contribution is -2.02. The number of hydrogen-bond acceptors (Lipinski definition) is 10. The zero-order valence-electron chi connectivity index (χ0n) is 17.5. The maximum Gasteiger partial charge on any atom is 0.298 e. The van der Waals surface area contributed by atoms with E-state index >= 15 is 0 Å². The largest absolute Gasteiger partial charge is 0.465 e. The Morgan fingerprint density at radius 3 is 1.43 bits per heavy atom. The van der Waals surface area contributed by atoms with Crippen molar-refractivity contribution in [1.29, 1.82) is 0 Å². The second-order valence-electron chi connectivity index (χ2n) is 6.01. The standard InChI is InChI=1S/2C9H13N5O/c2*1-3-14-8-6(7(10)11-5-12-8)13-9(14)15-4-2/h2*5H,3-4H2,1-2H3,(H2,10,11,12).